The van der Waals surface area contributed by atoms with Gasteiger partial charge < -0.3 is 14.9 Å². The molecule has 0 aromatic rings. The summed E-state index contributed by atoms with van der Waals surface area (Å²) in [6.45, 7) is 3.58. The van der Waals surface area contributed by atoms with E-state index in [2.05, 4.69) is 11.9 Å². The minimum atomic E-state index is -0.304. The number of nitrogens with zero attached hydrogens (tertiary/aromatic N) is 2. The van der Waals surface area contributed by atoms with Crippen LogP contribution < -0.4 is 0 Å². The SMILES string of the molecule is CN1CCCC(CC(=O)N2CCCC(O)C2)C1. The molecule has 2 aliphatic rings. The van der Waals surface area contributed by atoms with E-state index in [1.54, 1.807) is 0 Å². The zero-order valence-electron chi connectivity index (χ0n) is 10.8. The number of rotatable bonds is 2. The average Bonchev–Trinajstić information content (AvgIpc) is 2.29. The highest BCUT2D eigenvalue weighted by atomic mass is 16.3. The number of likely N-dealkylation sites (tertiary alicyclic amines) is 2. The first kappa shape index (κ1) is 12.8. The molecule has 2 heterocycles. The quantitative estimate of drug-likeness (QED) is 0.773. The largest absolute Gasteiger partial charge is 0.391 e. The fraction of sp³-hybridized carbons (Fsp3) is 0.923. The lowest BCUT2D eigenvalue weighted by Gasteiger charge is -2.33. The van der Waals surface area contributed by atoms with Crippen molar-refractivity contribution in [1.29, 1.82) is 0 Å². The number of carbonyl (C=O) groups is 1. The molecule has 0 spiro atoms. The summed E-state index contributed by atoms with van der Waals surface area (Å²) in [6.07, 6.45) is 4.52. The van der Waals surface area contributed by atoms with E-state index in [0.717, 1.165) is 32.5 Å². The van der Waals surface area contributed by atoms with Crippen LogP contribution >= 0.6 is 0 Å². The van der Waals surface area contributed by atoms with Crippen molar-refractivity contribution in [1.82, 2.24) is 9.80 Å². The lowest BCUT2D eigenvalue weighted by atomic mass is 9.94. The molecule has 0 aliphatic carbocycles. The zero-order valence-corrected chi connectivity index (χ0v) is 10.8. The van der Waals surface area contributed by atoms with Gasteiger partial charge in [0.2, 0.25) is 5.91 Å². The molecule has 98 valence electrons. The Morgan fingerprint density at radius 2 is 2.00 bits per heavy atom. The predicted molar refractivity (Wildman–Crippen MR) is 66.7 cm³/mol. The molecule has 2 atom stereocenters. The van der Waals surface area contributed by atoms with E-state index >= 15 is 0 Å². The monoisotopic (exact) mass is 240 g/mol. The van der Waals surface area contributed by atoms with Crippen molar-refractivity contribution in [3.63, 3.8) is 0 Å². The molecule has 2 saturated heterocycles. The molecule has 0 bridgehead atoms. The first-order valence-corrected chi connectivity index (χ1v) is 6.79. The number of amides is 1. The maximum absolute atomic E-state index is 12.1. The third kappa shape index (κ3) is 3.68. The van der Waals surface area contributed by atoms with Crippen LogP contribution in [0.1, 0.15) is 32.1 Å². The van der Waals surface area contributed by atoms with Crippen molar-refractivity contribution in [3.05, 3.63) is 0 Å². The normalized spacial score (nSPS) is 31.5. The molecule has 17 heavy (non-hydrogen) atoms. The summed E-state index contributed by atoms with van der Waals surface area (Å²) in [5, 5.41) is 9.57. The summed E-state index contributed by atoms with van der Waals surface area (Å²) in [5.74, 6) is 0.754. The fourth-order valence-corrected chi connectivity index (χ4v) is 3.00. The maximum atomic E-state index is 12.1. The molecule has 0 aromatic carbocycles. The molecule has 1 amide bonds. The van der Waals surface area contributed by atoms with Gasteiger partial charge in [-0.25, -0.2) is 0 Å². The second-order valence-electron chi connectivity index (χ2n) is 5.61. The van der Waals surface area contributed by atoms with Gasteiger partial charge in [0.05, 0.1) is 6.10 Å². The van der Waals surface area contributed by atoms with Crippen LogP contribution in [0.5, 0.6) is 0 Å². The Morgan fingerprint density at radius 1 is 1.24 bits per heavy atom. The molecule has 0 aromatic heterocycles. The summed E-state index contributed by atoms with van der Waals surface area (Å²) in [4.78, 5) is 16.3. The van der Waals surface area contributed by atoms with Gasteiger partial charge in [0, 0.05) is 26.1 Å². The van der Waals surface area contributed by atoms with E-state index in [1.165, 1.54) is 12.8 Å². The van der Waals surface area contributed by atoms with Crippen LogP contribution in [0.15, 0.2) is 0 Å². The third-order valence-corrected chi connectivity index (χ3v) is 3.93. The molecule has 4 heteroatoms. The van der Waals surface area contributed by atoms with Gasteiger partial charge in [0.1, 0.15) is 0 Å². The van der Waals surface area contributed by atoms with Gasteiger partial charge in [-0.1, -0.05) is 0 Å². The highest BCUT2D eigenvalue weighted by Crippen LogP contribution is 2.20. The molecular weight excluding hydrogens is 216 g/mol. The van der Waals surface area contributed by atoms with Gasteiger partial charge in [0.15, 0.2) is 0 Å². The van der Waals surface area contributed by atoms with Crippen LogP contribution in [-0.2, 0) is 4.79 Å². The second kappa shape index (κ2) is 5.83. The minimum Gasteiger partial charge on any atom is -0.391 e. The van der Waals surface area contributed by atoms with Gasteiger partial charge in [0.25, 0.3) is 0 Å². The standard InChI is InChI=1S/C13H24N2O2/c1-14-6-2-4-11(9-14)8-13(17)15-7-3-5-12(16)10-15/h11-12,16H,2-10H2,1H3. The molecule has 4 nitrogen and oxygen atoms in total. The zero-order chi connectivity index (χ0) is 12.3. The van der Waals surface area contributed by atoms with Crippen molar-refractivity contribution in [2.24, 2.45) is 5.92 Å². The summed E-state index contributed by atoms with van der Waals surface area (Å²) in [5.41, 5.74) is 0. The van der Waals surface area contributed by atoms with Gasteiger partial charge in [-0.2, -0.15) is 0 Å². The van der Waals surface area contributed by atoms with Crippen molar-refractivity contribution >= 4 is 5.91 Å². The summed E-state index contributed by atoms with van der Waals surface area (Å²) >= 11 is 0. The van der Waals surface area contributed by atoms with E-state index in [1.807, 2.05) is 4.90 Å². The summed E-state index contributed by atoms with van der Waals surface area (Å²) < 4.78 is 0. The Kier molecular flexibility index (Phi) is 4.40. The number of aliphatic hydroxyl groups is 1. The van der Waals surface area contributed by atoms with E-state index in [0.29, 0.717) is 18.9 Å². The Balaban J connectivity index is 1.79. The number of aliphatic hydroxyl groups excluding tert-OH is 1. The van der Waals surface area contributed by atoms with Crippen molar-refractivity contribution in [3.8, 4) is 0 Å². The summed E-state index contributed by atoms with van der Waals surface area (Å²) in [6, 6.07) is 0. The topological polar surface area (TPSA) is 43.8 Å². The molecule has 2 rings (SSSR count). The number of piperidine rings is 2. The van der Waals surface area contributed by atoms with Crippen LogP contribution in [0.25, 0.3) is 0 Å². The Morgan fingerprint density at radius 3 is 2.71 bits per heavy atom. The Bertz CT molecular complexity index is 270. The van der Waals surface area contributed by atoms with E-state index < -0.39 is 0 Å². The lowest BCUT2D eigenvalue weighted by molar-refractivity contribution is -0.135. The molecule has 2 fully saturated rings. The molecular formula is C13H24N2O2. The van der Waals surface area contributed by atoms with Crippen LogP contribution in [0.2, 0.25) is 0 Å². The lowest BCUT2D eigenvalue weighted by Crippen LogP contribution is -2.44. The van der Waals surface area contributed by atoms with Crippen LogP contribution in [0.4, 0.5) is 0 Å². The average molecular weight is 240 g/mol. The predicted octanol–water partition coefficient (Wildman–Crippen LogP) is 0.702. The van der Waals surface area contributed by atoms with E-state index in [-0.39, 0.29) is 12.0 Å². The van der Waals surface area contributed by atoms with Crippen LogP contribution in [0.3, 0.4) is 0 Å². The first-order valence-electron chi connectivity index (χ1n) is 6.79. The second-order valence-corrected chi connectivity index (χ2v) is 5.61. The van der Waals surface area contributed by atoms with Crippen LogP contribution in [-0.4, -0.2) is 60.1 Å². The first-order chi connectivity index (χ1) is 8.15. The molecule has 2 unspecified atom stereocenters. The number of carbonyl (C=O) groups excluding carboxylic acids is 1. The third-order valence-electron chi connectivity index (χ3n) is 3.93. The van der Waals surface area contributed by atoms with Crippen molar-refractivity contribution in [2.75, 3.05) is 33.2 Å². The van der Waals surface area contributed by atoms with Gasteiger partial charge in [-0.15, -0.1) is 0 Å². The van der Waals surface area contributed by atoms with Crippen molar-refractivity contribution in [2.45, 2.75) is 38.2 Å². The highest BCUT2D eigenvalue weighted by Gasteiger charge is 2.26. The Hall–Kier alpha value is -0.610. The highest BCUT2D eigenvalue weighted by molar-refractivity contribution is 5.76. The molecule has 0 radical (unpaired) electrons. The smallest absolute Gasteiger partial charge is 0.222 e. The number of β-amino-alcohol motifs (C(OH)–C–C–N with tert-alkyl or cyclic N) is 1. The fourth-order valence-electron chi connectivity index (χ4n) is 3.00. The Labute approximate surface area is 104 Å². The molecule has 0 saturated carbocycles. The van der Waals surface area contributed by atoms with Gasteiger partial charge >= 0.3 is 0 Å². The summed E-state index contributed by atoms with van der Waals surface area (Å²) in [7, 11) is 2.13. The van der Waals surface area contributed by atoms with Gasteiger partial charge in [-0.3, -0.25) is 4.79 Å². The minimum absolute atomic E-state index is 0.240. The molecule has 2 aliphatic heterocycles. The maximum Gasteiger partial charge on any atom is 0.222 e. The van der Waals surface area contributed by atoms with E-state index in [4.69, 9.17) is 0 Å². The van der Waals surface area contributed by atoms with Crippen molar-refractivity contribution < 1.29 is 9.90 Å². The van der Waals surface area contributed by atoms with Crippen LogP contribution in [0, 0.1) is 5.92 Å². The molecule has 1 N–H and O–H groups in total. The van der Waals surface area contributed by atoms with E-state index in [9.17, 15) is 9.90 Å². The number of hydrogen-bond donors (Lipinski definition) is 1. The van der Waals surface area contributed by atoms with Gasteiger partial charge in [-0.05, 0) is 45.2 Å². The number of hydrogen-bond acceptors (Lipinski definition) is 3.